The van der Waals surface area contributed by atoms with Gasteiger partial charge in [-0.1, -0.05) is 5.21 Å². The van der Waals surface area contributed by atoms with Crippen LogP contribution in [-0.2, 0) is 41.8 Å². The Morgan fingerprint density at radius 1 is 0.694 bits per heavy atom. The molecule has 0 N–H and O–H groups in total. The molecule has 0 radical (unpaired) electrons. The van der Waals surface area contributed by atoms with E-state index in [1.165, 1.54) is 36.5 Å². The second-order valence-corrected chi connectivity index (χ2v) is 12.7. The third-order valence-electron chi connectivity index (χ3n) is 5.39. The molecule has 280 valence electrons. The summed E-state index contributed by atoms with van der Waals surface area (Å²) in [4.78, 5) is 2.05. The van der Waals surface area contributed by atoms with Crippen LogP contribution in [0.2, 0.25) is 0 Å². The monoisotopic (exact) mass is 853 g/mol. The van der Waals surface area contributed by atoms with E-state index in [-0.39, 0.29) is 78.2 Å². The normalized spacial score (nSPS) is 13.0. The zero-order valence-corrected chi connectivity index (χ0v) is 29.3. The molecule has 1 aromatic heterocycles. The van der Waals surface area contributed by atoms with Crippen molar-refractivity contribution in [1.29, 1.82) is 0 Å². The Balaban J connectivity index is 1.63. The first-order valence-electron chi connectivity index (χ1n) is 14.0. The van der Waals surface area contributed by atoms with Crippen molar-refractivity contribution in [3.8, 4) is 17.2 Å². The Bertz CT molecular complexity index is 1260. The summed E-state index contributed by atoms with van der Waals surface area (Å²) in [6.07, 6.45) is -8.77. The number of ether oxygens (including phenoxy) is 8. The molecule has 0 bridgehead atoms. The highest BCUT2D eigenvalue weighted by Gasteiger charge is 2.59. The molecule has 0 aliphatic rings. The molecule has 0 fully saturated rings. The van der Waals surface area contributed by atoms with Gasteiger partial charge in [0.1, 0.15) is 29.5 Å². The van der Waals surface area contributed by atoms with Crippen molar-refractivity contribution >= 4 is 37.8 Å². The molecular weight excluding hydrogens is 822 g/mol. The molecule has 2 aromatic rings. The largest absolute Gasteiger partial charge is 0.491 e. The lowest BCUT2D eigenvalue weighted by atomic mass is 9.98. The molecule has 0 aliphatic carbocycles. The SMILES string of the molecule is CC(C)(C)C(=O)OCn1cc(COCCOCCOCCOCCOc2cc(OC(F)(F)C(F)(F)Br)cc(OC(F)(F)C(F)(F)Br)c2)nn1. The van der Waals surface area contributed by atoms with Gasteiger partial charge in [0.2, 0.25) is 0 Å². The Kier molecular flexibility index (Phi) is 16.2. The fourth-order valence-corrected chi connectivity index (χ4v) is 3.18. The lowest BCUT2D eigenvalue weighted by molar-refractivity contribution is -0.268. The van der Waals surface area contributed by atoms with Gasteiger partial charge >= 0.3 is 27.9 Å². The van der Waals surface area contributed by atoms with E-state index in [9.17, 15) is 39.9 Å². The summed E-state index contributed by atoms with van der Waals surface area (Å²) in [5.41, 5.74) is -0.0998. The van der Waals surface area contributed by atoms with E-state index in [1.807, 2.05) is 0 Å². The minimum Gasteiger partial charge on any atom is -0.491 e. The summed E-state index contributed by atoms with van der Waals surface area (Å²) in [5.74, 6) is -3.21. The highest BCUT2D eigenvalue weighted by Crippen LogP contribution is 2.44. The maximum Gasteiger partial charge on any atom is 0.475 e. The van der Waals surface area contributed by atoms with Crippen molar-refractivity contribution in [2.45, 2.75) is 56.0 Å². The first kappa shape index (κ1) is 42.6. The van der Waals surface area contributed by atoms with Crippen LogP contribution in [0.4, 0.5) is 35.1 Å². The predicted octanol–water partition coefficient (Wildman–Crippen LogP) is 6.39. The molecule has 22 heteroatoms. The Labute approximate surface area is 291 Å². The molecule has 12 nitrogen and oxygen atoms in total. The standard InChI is InChI=1S/C27H33Br2F8N3O9/c1-23(2,3)22(41)47-17-40-15-18(38-39-40)16-45-9-8-43-5-4-42-6-7-44-10-11-46-19-12-20(48-26(34,35)24(28,30)31)14-21(13-19)49-27(36,37)25(29,32)33/h12-15H,4-11,16-17H2,1-3H3. The van der Waals surface area contributed by atoms with E-state index in [0.717, 1.165) is 0 Å². The van der Waals surface area contributed by atoms with Gasteiger partial charge in [-0.15, -0.1) is 5.10 Å². The number of halogens is 10. The van der Waals surface area contributed by atoms with Gasteiger partial charge in [0, 0.05) is 50.1 Å². The summed E-state index contributed by atoms with van der Waals surface area (Å²) in [6.45, 7) is 6.03. The van der Waals surface area contributed by atoms with Crippen molar-refractivity contribution in [2.24, 2.45) is 5.41 Å². The van der Waals surface area contributed by atoms with Crippen LogP contribution in [0, 0.1) is 5.41 Å². The van der Waals surface area contributed by atoms with Crippen molar-refractivity contribution in [3.05, 3.63) is 30.1 Å². The van der Waals surface area contributed by atoms with Crippen LogP contribution >= 0.6 is 31.9 Å². The molecule has 49 heavy (non-hydrogen) atoms. The number of esters is 1. The van der Waals surface area contributed by atoms with Gasteiger partial charge < -0.3 is 37.9 Å². The van der Waals surface area contributed by atoms with Crippen LogP contribution in [0.1, 0.15) is 26.5 Å². The van der Waals surface area contributed by atoms with Crippen molar-refractivity contribution in [2.75, 3.05) is 52.9 Å². The lowest BCUT2D eigenvalue weighted by Crippen LogP contribution is -2.41. The topological polar surface area (TPSA) is 122 Å². The number of carbonyl (C=O) groups is 1. The third-order valence-corrected chi connectivity index (χ3v) is 6.32. The fourth-order valence-electron chi connectivity index (χ4n) is 3.02. The number of carbonyl (C=O) groups excluding carboxylic acids is 1. The maximum absolute atomic E-state index is 13.7. The Morgan fingerprint density at radius 2 is 1.12 bits per heavy atom. The van der Waals surface area contributed by atoms with Gasteiger partial charge in [0.25, 0.3) is 0 Å². The Hall–Kier alpha value is -2.53. The van der Waals surface area contributed by atoms with Crippen LogP contribution in [0.3, 0.4) is 0 Å². The first-order chi connectivity index (χ1) is 22.6. The fraction of sp³-hybridized carbons (Fsp3) is 0.667. The molecule has 0 saturated carbocycles. The van der Waals surface area contributed by atoms with Gasteiger partial charge in [0.05, 0.1) is 64.5 Å². The van der Waals surface area contributed by atoms with E-state index in [0.29, 0.717) is 17.8 Å². The third kappa shape index (κ3) is 15.5. The molecule has 2 rings (SSSR count). The van der Waals surface area contributed by atoms with Crippen LogP contribution in [0.25, 0.3) is 0 Å². The summed E-state index contributed by atoms with van der Waals surface area (Å²) in [5, 5.41) is 7.77. The predicted molar refractivity (Wildman–Crippen MR) is 159 cm³/mol. The van der Waals surface area contributed by atoms with E-state index in [4.69, 9.17) is 28.4 Å². The average Bonchev–Trinajstić information content (AvgIpc) is 3.41. The van der Waals surface area contributed by atoms with Crippen LogP contribution in [-0.4, -0.2) is 95.7 Å². The van der Waals surface area contributed by atoms with Gasteiger partial charge in [-0.05, 0) is 20.8 Å². The van der Waals surface area contributed by atoms with Crippen LogP contribution in [0.5, 0.6) is 17.2 Å². The number of hydrogen-bond donors (Lipinski definition) is 0. The van der Waals surface area contributed by atoms with E-state index in [2.05, 4.69) is 19.8 Å². The summed E-state index contributed by atoms with van der Waals surface area (Å²) < 4.78 is 148. The maximum atomic E-state index is 13.7. The number of benzene rings is 1. The smallest absolute Gasteiger partial charge is 0.475 e. The minimum atomic E-state index is -5.18. The van der Waals surface area contributed by atoms with E-state index in [1.54, 1.807) is 27.0 Å². The number of hydrogen-bond acceptors (Lipinski definition) is 11. The summed E-state index contributed by atoms with van der Waals surface area (Å²) >= 11 is 2.87. The second-order valence-electron chi connectivity index (χ2n) is 10.7. The van der Waals surface area contributed by atoms with E-state index >= 15 is 0 Å². The number of nitrogens with zero attached hydrogens (tertiary/aromatic N) is 3. The average molecular weight is 855 g/mol. The number of alkyl halides is 10. The molecular formula is C27H33Br2F8N3O9. The first-order valence-corrected chi connectivity index (χ1v) is 15.6. The number of aromatic nitrogens is 3. The molecule has 0 amide bonds. The highest BCUT2D eigenvalue weighted by atomic mass is 79.9. The lowest BCUT2D eigenvalue weighted by Gasteiger charge is -2.24. The quantitative estimate of drug-likeness (QED) is 0.0536. The molecule has 0 saturated heterocycles. The molecule has 0 atom stereocenters. The van der Waals surface area contributed by atoms with Crippen molar-refractivity contribution in [1.82, 2.24) is 15.0 Å². The highest BCUT2D eigenvalue weighted by molar-refractivity contribution is 9.10. The zero-order chi connectivity index (χ0) is 36.9. The van der Waals surface area contributed by atoms with Gasteiger partial charge in [-0.25, -0.2) is 4.68 Å². The minimum absolute atomic E-state index is 0.0686. The Morgan fingerprint density at radius 3 is 1.57 bits per heavy atom. The summed E-state index contributed by atoms with van der Waals surface area (Å²) in [7, 11) is 0. The molecule has 0 unspecified atom stereocenters. The van der Waals surface area contributed by atoms with Gasteiger partial charge in [0.15, 0.2) is 6.73 Å². The van der Waals surface area contributed by atoms with Crippen LogP contribution in [0.15, 0.2) is 24.4 Å². The molecule has 1 heterocycles. The molecule has 0 spiro atoms. The molecule has 1 aromatic carbocycles. The zero-order valence-electron chi connectivity index (χ0n) is 26.2. The van der Waals surface area contributed by atoms with Gasteiger partial charge in [-0.3, -0.25) is 4.79 Å². The van der Waals surface area contributed by atoms with Gasteiger partial charge in [-0.2, -0.15) is 35.1 Å². The van der Waals surface area contributed by atoms with Crippen LogP contribution < -0.4 is 14.2 Å². The van der Waals surface area contributed by atoms with Crippen molar-refractivity contribution < 1.29 is 77.8 Å². The van der Waals surface area contributed by atoms with Crippen molar-refractivity contribution in [3.63, 3.8) is 0 Å². The summed E-state index contributed by atoms with van der Waals surface area (Å²) in [6, 6.07) is 1.51. The second kappa shape index (κ2) is 18.6. The van der Waals surface area contributed by atoms with E-state index < -0.39 is 44.5 Å². The number of rotatable bonds is 23. The molecule has 0 aliphatic heterocycles.